The van der Waals surface area contributed by atoms with Gasteiger partial charge in [-0.1, -0.05) is 29.8 Å². The summed E-state index contributed by atoms with van der Waals surface area (Å²) in [6.45, 7) is 2.48. The number of aromatic nitrogens is 1. The molecule has 3 N–H and O–H groups in total. The lowest BCUT2D eigenvalue weighted by Gasteiger charge is -2.03. The summed E-state index contributed by atoms with van der Waals surface area (Å²) in [6.07, 6.45) is 1.52. The van der Waals surface area contributed by atoms with Gasteiger partial charge in [-0.25, -0.2) is 4.98 Å². The molecular weight excluding hydrogens is 266 g/mol. The first-order valence-electron chi connectivity index (χ1n) is 6.60. The molecule has 0 saturated carbocycles. The molecule has 0 aliphatic carbocycles. The number of furan rings is 1. The Bertz CT molecular complexity index is 791. The Morgan fingerprint density at radius 2 is 2.05 bits per heavy atom. The number of nitrogens with two attached hydrogens (primary N) is 1. The number of nitrogens with zero attached hydrogens (tertiary/aromatic N) is 1. The fraction of sp³-hybridized carbons (Fsp3) is 0.125. The van der Waals surface area contributed by atoms with Gasteiger partial charge in [0.15, 0.2) is 11.3 Å². The number of rotatable bonds is 3. The van der Waals surface area contributed by atoms with Crippen LogP contribution in [0, 0.1) is 6.92 Å². The van der Waals surface area contributed by atoms with Crippen LogP contribution in [0.3, 0.4) is 0 Å². The number of nitrogens with one attached hydrogen (secondary N) is 1. The molecule has 0 bridgehead atoms. The van der Waals surface area contributed by atoms with Gasteiger partial charge >= 0.3 is 0 Å². The largest absolute Gasteiger partial charge is 0.449 e. The fourth-order valence-corrected chi connectivity index (χ4v) is 2.05. The Labute approximate surface area is 121 Å². The van der Waals surface area contributed by atoms with Crippen molar-refractivity contribution in [1.82, 2.24) is 10.3 Å². The van der Waals surface area contributed by atoms with Crippen molar-refractivity contribution in [1.29, 1.82) is 0 Å². The van der Waals surface area contributed by atoms with Crippen LogP contribution in [0.25, 0.3) is 11.0 Å². The van der Waals surface area contributed by atoms with Crippen molar-refractivity contribution < 1.29 is 9.21 Å². The number of carbonyl (C=O) groups excluding carboxylic acids is 1. The summed E-state index contributed by atoms with van der Waals surface area (Å²) in [7, 11) is 0. The van der Waals surface area contributed by atoms with E-state index < -0.39 is 0 Å². The van der Waals surface area contributed by atoms with E-state index in [-0.39, 0.29) is 11.7 Å². The van der Waals surface area contributed by atoms with Crippen molar-refractivity contribution in [2.24, 2.45) is 0 Å². The highest BCUT2D eigenvalue weighted by Crippen LogP contribution is 2.20. The topological polar surface area (TPSA) is 81.2 Å². The predicted octanol–water partition coefficient (Wildman–Crippen LogP) is 2.65. The quantitative estimate of drug-likeness (QED) is 0.773. The molecule has 3 aromatic rings. The van der Waals surface area contributed by atoms with Crippen molar-refractivity contribution >= 4 is 22.7 Å². The standard InChI is InChI=1S/C16H15N3O2/c1-10-2-4-11(5-3-10)8-19-16(20)13-6-12-7-15(17)18-9-14(12)21-13/h2-7,9H,8H2,1H3,(H2,17,18)(H,19,20). The molecule has 0 aliphatic heterocycles. The van der Waals surface area contributed by atoms with Gasteiger partial charge in [0.05, 0.1) is 6.20 Å². The molecule has 3 rings (SSSR count). The molecule has 0 spiro atoms. The van der Waals surface area contributed by atoms with Gasteiger partial charge in [-0.15, -0.1) is 0 Å². The molecule has 0 atom stereocenters. The van der Waals surface area contributed by atoms with Crippen LogP contribution in [-0.4, -0.2) is 10.9 Å². The molecule has 2 heterocycles. The summed E-state index contributed by atoms with van der Waals surface area (Å²) in [4.78, 5) is 16.0. The van der Waals surface area contributed by atoms with Crippen LogP contribution >= 0.6 is 0 Å². The molecule has 21 heavy (non-hydrogen) atoms. The molecule has 5 heteroatoms. The van der Waals surface area contributed by atoms with Gasteiger partial charge in [-0.3, -0.25) is 4.79 Å². The van der Waals surface area contributed by atoms with Gasteiger partial charge in [0, 0.05) is 11.9 Å². The number of hydrogen-bond donors (Lipinski definition) is 2. The highest BCUT2D eigenvalue weighted by atomic mass is 16.3. The zero-order chi connectivity index (χ0) is 14.8. The van der Waals surface area contributed by atoms with E-state index in [1.54, 1.807) is 12.1 Å². The van der Waals surface area contributed by atoms with Gasteiger partial charge in [0.25, 0.3) is 5.91 Å². The molecule has 1 aromatic carbocycles. The Morgan fingerprint density at radius 3 is 2.81 bits per heavy atom. The molecule has 0 aliphatic rings. The third kappa shape index (κ3) is 2.86. The molecule has 2 aromatic heterocycles. The third-order valence-electron chi connectivity index (χ3n) is 3.22. The molecule has 0 saturated heterocycles. The summed E-state index contributed by atoms with van der Waals surface area (Å²) < 4.78 is 5.46. The van der Waals surface area contributed by atoms with E-state index in [0.29, 0.717) is 17.9 Å². The second kappa shape index (κ2) is 5.28. The average molecular weight is 281 g/mol. The van der Waals surface area contributed by atoms with Gasteiger partial charge in [0.1, 0.15) is 5.82 Å². The zero-order valence-corrected chi connectivity index (χ0v) is 11.6. The SMILES string of the molecule is Cc1ccc(CNC(=O)c2cc3cc(N)ncc3o2)cc1. The Morgan fingerprint density at radius 1 is 1.29 bits per heavy atom. The number of anilines is 1. The lowest BCUT2D eigenvalue weighted by molar-refractivity contribution is 0.0925. The Hall–Kier alpha value is -2.82. The summed E-state index contributed by atoms with van der Waals surface area (Å²) in [6, 6.07) is 11.3. The summed E-state index contributed by atoms with van der Waals surface area (Å²) in [5.74, 6) is 0.393. The van der Waals surface area contributed by atoms with Gasteiger partial charge in [-0.05, 0) is 24.6 Å². The van der Waals surface area contributed by atoms with E-state index in [9.17, 15) is 4.79 Å². The van der Waals surface area contributed by atoms with Crippen LogP contribution in [0.5, 0.6) is 0 Å². The number of carbonyl (C=O) groups is 1. The molecular formula is C16H15N3O2. The van der Waals surface area contributed by atoms with Crippen LogP contribution in [0.15, 0.2) is 47.0 Å². The minimum Gasteiger partial charge on any atom is -0.449 e. The Kier molecular flexibility index (Phi) is 3.31. The summed E-state index contributed by atoms with van der Waals surface area (Å²) >= 11 is 0. The van der Waals surface area contributed by atoms with E-state index in [4.69, 9.17) is 10.2 Å². The molecule has 0 fully saturated rings. The second-order valence-corrected chi connectivity index (χ2v) is 4.93. The van der Waals surface area contributed by atoms with Crippen molar-refractivity contribution in [2.45, 2.75) is 13.5 Å². The highest BCUT2D eigenvalue weighted by molar-refractivity contribution is 5.96. The maximum absolute atomic E-state index is 12.1. The number of hydrogen-bond acceptors (Lipinski definition) is 4. The van der Waals surface area contributed by atoms with Crippen LogP contribution in [0.4, 0.5) is 5.82 Å². The van der Waals surface area contributed by atoms with Crippen LogP contribution in [-0.2, 0) is 6.54 Å². The summed E-state index contributed by atoms with van der Waals surface area (Å²) in [5.41, 5.74) is 8.37. The minimum absolute atomic E-state index is 0.254. The van der Waals surface area contributed by atoms with E-state index in [1.165, 1.54) is 11.8 Å². The first-order chi connectivity index (χ1) is 10.1. The summed E-state index contributed by atoms with van der Waals surface area (Å²) in [5, 5.41) is 3.59. The number of benzene rings is 1. The lowest BCUT2D eigenvalue weighted by Crippen LogP contribution is -2.22. The maximum atomic E-state index is 12.1. The van der Waals surface area contributed by atoms with Gasteiger partial charge in [-0.2, -0.15) is 0 Å². The normalized spacial score (nSPS) is 10.7. The monoisotopic (exact) mass is 281 g/mol. The van der Waals surface area contributed by atoms with E-state index in [2.05, 4.69) is 10.3 Å². The fourth-order valence-electron chi connectivity index (χ4n) is 2.05. The first kappa shape index (κ1) is 13.2. The zero-order valence-electron chi connectivity index (χ0n) is 11.6. The predicted molar refractivity (Wildman–Crippen MR) is 80.8 cm³/mol. The Balaban J connectivity index is 1.73. The number of amides is 1. The van der Waals surface area contributed by atoms with Crippen LogP contribution < -0.4 is 11.1 Å². The van der Waals surface area contributed by atoms with Crippen LogP contribution in [0.1, 0.15) is 21.7 Å². The number of aryl methyl sites for hydroxylation is 1. The minimum atomic E-state index is -0.259. The molecule has 5 nitrogen and oxygen atoms in total. The molecule has 0 unspecified atom stereocenters. The third-order valence-corrected chi connectivity index (χ3v) is 3.22. The van der Waals surface area contributed by atoms with E-state index in [1.807, 2.05) is 31.2 Å². The van der Waals surface area contributed by atoms with E-state index >= 15 is 0 Å². The van der Waals surface area contributed by atoms with Crippen molar-refractivity contribution in [3.63, 3.8) is 0 Å². The van der Waals surface area contributed by atoms with Crippen molar-refractivity contribution in [2.75, 3.05) is 5.73 Å². The van der Waals surface area contributed by atoms with Crippen LogP contribution in [0.2, 0.25) is 0 Å². The van der Waals surface area contributed by atoms with Crippen molar-refractivity contribution in [3.8, 4) is 0 Å². The highest BCUT2D eigenvalue weighted by Gasteiger charge is 2.12. The molecule has 1 amide bonds. The average Bonchev–Trinajstić information content (AvgIpc) is 2.89. The maximum Gasteiger partial charge on any atom is 0.287 e. The first-order valence-corrected chi connectivity index (χ1v) is 6.60. The van der Waals surface area contributed by atoms with Gasteiger partial charge < -0.3 is 15.5 Å². The number of nitrogen functional groups attached to an aromatic ring is 1. The smallest absolute Gasteiger partial charge is 0.287 e. The van der Waals surface area contributed by atoms with Gasteiger partial charge in [0.2, 0.25) is 0 Å². The van der Waals surface area contributed by atoms with E-state index in [0.717, 1.165) is 10.9 Å². The second-order valence-electron chi connectivity index (χ2n) is 4.93. The number of fused-ring (bicyclic) bond motifs is 1. The van der Waals surface area contributed by atoms with Crippen molar-refractivity contribution in [3.05, 3.63) is 59.5 Å². The molecule has 0 radical (unpaired) electrons. The number of pyridine rings is 1. The lowest BCUT2D eigenvalue weighted by atomic mass is 10.1. The molecule has 106 valence electrons.